The molecule has 0 saturated heterocycles. The second kappa shape index (κ2) is 15.5. The van der Waals surface area contributed by atoms with E-state index < -0.39 is 20.1 Å². The highest BCUT2D eigenvalue weighted by atomic mass is 32.3. The van der Waals surface area contributed by atoms with Crippen LogP contribution in [-0.2, 0) is 0 Å². The zero-order chi connectivity index (χ0) is 47.9. The molecule has 10 aromatic carbocycles. The lowest BCUT2D eigenvalue weighted by molar-refractivity contribution is 0.669. The Labute approximate surface area is 417 Å². The van der Waals surface area contributed by atoms with Gasteiger partial charge in [-0.05, 0) is 110 Å². The van der Waals surface area contributed by atoms with E-state index in [2.05, 4.69) is 222 Å². The van der Waals surface area contributed by atoms with E-state index in [-0.39, 0.29) is 0 Å². The van der Waals surface area contributed by atoms with E-state index in [4.69, 9.17) is 8.83 Å². The predicted octanol–water partition coefficient (Wildman–Crippen LogP) is 20.4. The molecule has 0 aliphatic carbocycles. The summed E-state index contributed by atoms with van der Waals surface area (Å²) < 4.78 is 14.2. The molecule has 2 aromatic heterocycles. The average molecular weight is 953 g/mol. The molecule has 2 unspecified atom stereocenters. The van der Waals surface area contributed by atoms with E-state index in [9.17, 15) is 0 Å². The van der Waals surface area contributed by atoms with Crippen molar-refractivity contribution in [1.29, 1.82) is 0 Å². The zero-order valence-corrected chi connectivity index (χ0v) is 42.3. The van der Waals surface area contributed by atoms with Gasteiger partial charge in [-0.25, -0.2) is 0 Å². The number of furan rings is 2. The van der Waals surface area contributed by atoms with Crippen LogP contribution in [0.1, 0.15) is 32.8 Å². The van der Waals surface area contributed by atoms with Gasteiger partial charge in [0.25, 0.3) is 0 Å². The summed E-state index contributed by atoms with van der Waals surface area (Å²) in [4.78, 5) is 6.10. The van der Waals surface area contributed by atoms with Crippen LogP contribution in [0.25, 0.3) is 127 Å². The number of fused-ring (bicyclic) bond motifs is 16. The molecule has 12 aromatic rings. The minimum absolute atomic E-state index is 0.929. The minimum Gasteiger partial charge on any atom is -0.455 e. The highest BCUT2D eigenvalue weighted by Gasteiger charge is 2.55. The molecular formula is C67H52O2S2. The Balaban J connectivity index is 0.00000153. The minimum atomic E-state index is -1.53. The van der Waals surface area contributed by atoms with Gasteiger partial charge in [0.1, 0.15) is 22.3 Å². The first-order chi connectivity index (χ1) is 34.8. The predicted molar refractivity (Wildman–Crippen MR) is 308 cm³/mol. The normalized spacial score (nSPS) is 19.1. The average Bonchev–Trinajstić information content (AvgIpc) is 4.18. The molecule has 71 heavy (non-hydrogen) atoms. The highest BCUT2D eigenvalue weighted by Crippen LogP contribution is 2.90. The Hall–Kier alpha value is -7.50. The SMILES string of the molecule is C=C/C(=C\C)c1ccc(-c2cc3c(c4oc5ccccc5c24)-c2ccc4c5c2S3(C)CS5(C)c2cc(-c3ccc(-c5ccccc5)c5ccccc35)c3oc5ccccc5c3c2-4)c2ccccc12.CCC. The Morgan fingerprint density at radius 1 is 0.479 bits per heavy atom. The van der Waals surface area contributed by atoms with Crippen LogP contribution in [0.2, 0.25) is 0 Å². The van der Waals surface area contributed by atoms with Crippen molar-refractivity contribution in [2.75, 3.05) is 17.6 Å². The summed E-state index contributed by atoms with van der Waals surface area (Å²) >= 11 is 0. The van der Waals surface area contributed by atoms with Gasteiger partial charge in [0.15, 0.2) is 0 Å². The Bertz CT molecular complexity index is 4320. The van der Waals surface area contributed by atoms with Gasteiger partial charge >= 0.3 is 0 Å². The van der Waals surface area contributed by atoms with E-state index in [0.29, 0.717) is 0 Å². The number of para-hydroxylation sites is 2. The first-order valence-corrected chi connectivity index (χ1v) is 29.3. The number of benzene rings is 10. The first-order valence-electron chi connectivity index (χ1n) is 24.9. The lowest BCUT2D eigenvalue weighted by atomic mass is 9.88. The monoisotopic (exact) mass is 952 g/mol. The van der Waals surface area contributed by atoms with Crippen LogP contribution in [0.5, 0.6) is 0 Å². The van der Waals surface area contributed by atoms with Gasteiger partial charge in [0, 0.05) is 68.5 Å². The van der Waals surface area contributed by atoms with Crippen LogP contribution >= 0.6 is 20.1 Å². The fraction of sp³-hybridized carbons (Fsp3) is 0.104. The quantitative estimate of drug-likeness (QED) is 0.161. The van der Waals surface area contributed by atoms with Crippen LogP contribution in [0.4, 0.5) is 0 Å². The molecule has 2 nitrogen and oxygen atoms in total. The molecule has 0 amide bonds. The summed E-state index contributed by atoms with van der Waals surface area (Å²) in [5.74, 6) is 0. The molecule has 344 valence electrons. The Kier molecular flexibility index (Phi) is 9.25. The van der Waals surface area contributed by atoms with Crippen LogP contribution in [0.15, 0.2) is 223 Å². The first kappa shape index (κ1) is 42.4. The summed E-state index contributed by atoms with van der Waals surface area (Å²) in [6, 6.07) is 65.3. The molecule has 0 saturated carbocycles. The van der Waals surface area contributed by atoms with Gasteiger partial charge in [0.2, 0.25) is 0 Å². The van der Waals surface area contributed by atoms with E-state index in [1.165, 1.54) is 115 Å². The van der Waals surface area contributed by atoms with E-state index >= 15 is 0 Å². The maximum Gasteiger partial charge on any atom is 0.144 e. The summed E-state index contributed by atoms with van der Waals surface area (Å²) in [6.07, 6.45) is 10.6. The van der Waals surface area contributed by atoms with Gasteiger partial charge in [-0.1, -0.05) is 191 Å². The van der Waals surface area contributed by atoms with E-state index in [1.54, 1.807) is 9.79 Å². The van der Waals surface area contributed by atoms with Crippen molar-refractivity contribution in [1.82, 2.24) is 0 Å². The lowest BCUT2D eigenvalue weighted by Crippen LogP contribution is -2.03. The molecule has 3 aliphatic heterocycles. The van der Waals surface area contributed by atoms with E-state index in [1.807, 2.05) is 6.08 Å². The molecule has 5 heterocycles. The fourth-order valence-electron chi connectivity index (χ4n) is 12.8. The van der Waals surface area contributed by atoms with Gasteiger partial charge in [-0.15, -0.1) is 0 Å². The third-order valence-electron chi connectivity index (χ3n) is 15.6. The van der Waals surface area contributed by atoms with Crippen molar-refractivity contribution < 1.29 is 8.83 Å². The standard InChI is InChI=1S/C64H44O2S2.C3H8/c1-5-37(6-2)39-28-30-45(43-22-12-10-20-41(39)43)51-34-56-59(62-57(51)47-24-14-16-26-53(47)66-62)50-33-32-49-58-55(67(3)36-68(56,4)64(50)63(49)67)35-52(61-60(58)48-25-15-17-27-54(48)65-61)46-31-29-40(38-18-8-7-9-19-38)42-21-11-13-23-44(42)46;1-3-2/h5-35H,1,36H2,2-4H3;3H2,1-2H3/b37-6+;. The van der Waals surface area contributed by atoms with Crippen LogP contribution in [0.3, 0.4) is 0 Å². The van der Waals surface area contributed by atoms with Gasteiger partial charge in [-0.2, -0.15) is 20.1 Å². The highest BCUT2D eigenvalue weighted by molar-refractivity contribution is 8.51. The van der Waals surface area contributed by atoms with Crippen molar-refractivity contribution in [2.45, 2.75) is 46.8 Å². The summed E-state index contributed by atoms with van der Waals surface area (Å²) in [5, 5.41) is 10.8. The van der Waals surface area contributed by atoms with Crippen LogP contribution in [-0.4, -0.2) is 17.6 Å². The molecule has 2 atom stereocenters. The van der Waals surface area contributed by atoms with Crippen molar-refractivity contribution in [3.8, 4) is 55.6 Å². The van der Waals surface area contributed by atoms with Crippen molar-refractivity contribution in [3.63, 3.8) is 0 Å². The molecule has 15 rings (SSSR count). The zero-order valence-electron chi connectivity index (χ0n) is 40.7. The summed E-state index contributed by atoms with van der Waals surface area (Å²) in [7, 11) is -3.06. The smallest absolute Gasteiger partial charge is 0.144 e. The largest absolute Gasteiger partial charge is 0.455 e. The molecule has 0 fully saturated rings. The summed E-state index contributed by atoms with van der Waals surface area (Å²) in [6.45, 7) is 10.5. The Morgan fingerprint density at radius 2 is 0.944 bits per heavy atom. The van der Waals surface area contributed by atoms with Crippen LogP contribution < -0.4 is 0 Å². The molecule has 4 heteroatoms. The van der Waals surface area contributed by atoms with Crippen molar-refractivity contribution >= 4 is 91.1 Å². The molecule has 0 spiro atoms. The Morgan fingerprint density at radius 3 is 1.59 bits per heavy atom. The second-order valence-corrected chi connectivity index (χ2v) is 26.7. The third kappa shape index (κ3) is 5.63. The number of rotatable bonds is 5. The lowest BCUT2D eigenvalue weighted by Gasteiger charge is -2.36. The van der Waals surface area contributed by atoms with Gasteiger partial charge in [-0.3, -0.25) is 0 Å². The van der Waals surface area contributed by atoms with Gasteiger partial charge < -0.3 is 8.83 Å². The van der Waals surface area contributed by atoms with Crippen LogP contribution in [0, 0.1) is 0 Å². The fourth-order valence-corrected chi connectivity index (χ4v) is 24.5. The molecular weight excluding hydrogens is 901 g/mol. The van der Waals surface area contributed by atoms with E-state index in [0.717, 1.165) is 38.4 Å². The number of allylic oxidation sites excluding steroid dienone is 3. The third-order valence-corrected chi connectivity index (χ3v) is 24.7. The number of hydrogen-bond acceptors (Lipinski definition) is 2. The summed E-state index contributed by atoms with van der Waals surface area (Å²) in [5.41, 5.74) is 18.9. The maximum absolute atomic E-state index is 7.16. The number of hydrogen-bond donors (Lipinski definition) is 0. The molecule has 0 bridgehead atoms. The second-order valence-electron chi connectivity index (χ2n) is 19.7. The molecule has 0 radical (unpaired) electrons. The van der Waals surface area contributed by atoms with Crippen molar-refractivity contribution in [2.24, 2.45) is 0 Å². The van der Waals surface area contributed by atoms with Gasteiger partial charge in [0.05, 0.1) is 0 Å². The maximum atomic E-state index is 7.16. The van der Waals surface area contributed by atoms with Crippen molar-refractivity contribution in [3.05, 3.63) is 200 Å². The molecule has 0 N–H and O–H groups in total. The topological polar surface area (TPSA) is 26.3 Å². The molecule has 3 aliphatic rings.